The molecule has 1 aromatic heterocycles. The van der Waals surface area contributed by atoms with E-state index in [2.05, 4.69) is 15.6 Å². The van der Waals surface area contributed by atoms with E-state index < -0.39 is 6.03 Å². The minimum atomic E-state index is -0.444. The Bertz CT molecular complexity index is 726. The first-order valence-electron chi connectivity index (χ1n) is 7.08. The Labute approximate surface area is 132 Å². The third kappa shape index (κ3) is 3.03. The van der Waals surface area contributed by atoms with Gasteiger partial charge in [0, 0.05) is 19.3 Å². The number of nitrogens with one attached hydrogen (secondary N) is 2. The summed E-state index contributed by atoms with van der Waals surface area (Å²) >= 11 is 0. The maximum Gasteiger partial charge on any atom is 0.320 e. The normalized spacial score (nSPS) is 13.0. The van der Waals surface area contributed by atoms with E-state index in [1.807, 2.05) is 0 Å². The Morgan fingerprint density at radius 2 is 1.65 bits per heavy atom. The van der Waals surface area contributed by atoms with Gasteiger partial charge >= 0.3 is 6.03 Å². The van der Waals surface area contributed by atoms with Gasteiger partial charge in [-0.2, -0.15) is 0 Å². The molecule has 0 spiro atoms. The Morgan fingerprint density at radius 3 is 2.26 bits per heavy atom. The highest BCUT2D eigenvalue weighted by Gasteiger charge is 2.34. The number of carbonyl (C=O) groups is 3. The number of hydrogen-bond donors (Lipinski definition) is 2. The van der Waals surface area contributed by atoms with E-state index >= 15 is 0 Å². The third-order valence-electron chi connectivity index (χ3n) is 3.41. The first kappa shape index (κ1) is 14.7. The van der Waals surface area contributed by atoms with Crippen molar-refractivity contribution < 1.29 is 14.4 Å². The minimum Gasteiger partial charge on any atom is -0.336 e. The molecule has 2 aromatic rings. The van der Waals surface area contributed by atoms with Crippen molar-refractivity contribution in [3.05, 3.63) is 59.8 Å². The monoisotopic (exact) mass is 310 g/mol. The molecule has 0 fully saturated rings. The van der Waals surface area contributed by atoms with Crippen LogP contribution in [-0.4, -0.2) is 40.8 Å². The molecule has 2 N–H and O–H groups in total. The van der Waals surface area contributed by atoms with Crippen molar-refractivity contribution in [2.75, 3.05) is 18.4 Å². The summed E-state index contributed by atoms with van der Waals surface area (Å²) in [5.41, 5.74) is 0.797. The van der Waals surface area contributed by atoms with E-state index in [9.17, 15) is 14.4 Å². The van der Waals surface area contributed by atoms with Gasteiger partial charge in [-0.15, -0.1) is 0 Å². The highest BCUT2D eigenvalue weighted by Crippen LogP contribution is 2.21. The molecule has 4 amide bonds. The summed E-state index contributed by atoms with van der Waals surface area (Å²) in [6.45, 7) is 0.270. The van der Waals surface area contributed by atoms with Crippen LogP contribution in [0.5, 0.6) is 0 Å². The molecule has 0 aliphatic carbocycles. The molecule has 23 heavy (non-hydrogen) atoms. The van der Waals surface area contributed by atoms with Crippen LogP contribution < -0.4 is 10.6 Å². The predicted octanol–water partition coefficient (Wildman–Crippen LogP) is 1.50. The van der Waals surface area contributed by atoms with Crippen LogP contribution >= 0.6 is 0 Å². The Balaban J connectivity index is 1.53. The summed E-state index contributed by atoms with van der Waals surface area (Å²) in [6, 6.07) is 11.4. The van der Waals surface area contributed by atoms with Gasteiger partial charge < -0.3 is 5.32 Å². The fourth-order valence-electron chi connectivity index (χ4n) is 2.32. The van der Waals surface area contributed by atoms with Crippen LogP contribution in [0.3, 0.4) is 0 Å². The summed E-state index contributed by atoms with van der Waals surface area (Å²) in [5.74, 6) is -0.249. The zero-order valence-corrected chi connectivity index (χ0v) is 12.2. The molecule has 3 rings (SSSR count). The fourth-order valence-corrected chi connectivity index (χ4v) is 2.32. The summed E-state index contributed by atoms with van der Waals surface area (Å²) in [5, 5.41) is 5.15. The van der Waals surface area contributed by atoms with E-state index in [4.69, 9.17) is 0 Å². The van der Waals surface area contributed by atoms with Gasteiger partial charge in [-0.05, 0) is 24.3 Å². The molecule has 0 unspecified atom stereocenters. The van der Waals surface area contributed by atoms with Gasteiger partial charge in [0.1, 0.15) is 5.82 Å². The lowest BCUT2D eigenvalue weighted by Gasteiger charge is -2.14. The molecule has 7 heteroatoms. The first-order valence-corrected chi connectivity index (χ1v) is 7.08. The van der Waals surface area contributed by atoms with Crippen molar-refractivity contribution in [3.63, 3.8) is 0 Å². The number of imide groups is 1. The number of benzene rings is 1. The molecular formula is C16H14N4O3. The van der Waals surface area contributed by atoms with Crippen LogP contribution in [0.25, 0.3) is 0 Å². The molecule has 1 aliphatic rings. The first-order chi connectivity index (χ1) is 11.2. The minimum absolute atomic E-state index is 0.113. The predicted molar refractivity (Wildman–Crippen MR) is 83.1 cm³/mol. The zero-order valence-electron chi connectivity index (χ0n) is 12.2. The average Bonchev–Trinajstić information content (AvgIpc) is 2.81. The van der Waals surface area contributed by atoms with Gasteiger partial charge in [-0.25, -0.2) is 9.78 Å². The van der Waals surface area contributed by atoms with Gasteiger partial charge in [0.2, 0.25) is 0 Å². The average molecular weight is 310 g/mol. The number of pyridine rings is 1. The number of rotatable bonds is 4. The van der Waals surface area contributed by atoms with E-state index in [0.29, 0.717) is 16.9 Å². The zero-order chi connectivity index (χ0) is 16.2. The smallest absolute Gasteiger partial charge is 0.320 e. The van der Waals surface area contributed by atoms with Gasteiger partial charge in [-0.3, -0.25) is 19.8 Å². The molecule has 0 bridgehead atoms. The van der Waals surface area contributed by atoms with Crippen LogP contribution in [0, 0.1) is 0 Å². The number of amides is 4. The van der Waals surface area contributed by atoms with Crippen molar-refractivity contribution >= 4 is 23.7 Å². The summed E-state index contributed by atoms with van der Waals surface area (Å²) < 4.78 is 0. The van der Waals surface area contributed by atoms with E-state index in [0.717, 1.165) is 4.90 Å². The fraction of sp³-hybridized carbons (Fsp3) is 0.125. The van der Waals surface area contributed by atoms with Crippen LogP contribution in [0.2, 0.25) is 0 Å². The maximum absolute atomic E-state index is 12.1. The molecular weight excluding hydrogens is 296 g/mol. The number of fused-ring (bicyclic) bond motifs is 1. The molecule has 1 aromatic carbocycles. The summed E-state index contributed by atoms with van der Waals surface area (Å²) in [7, 11) is 0. The number of hydrogen-bond acceptors (Lipinski definition) is 4. The van der Waals surface area contributed by atoms with Gasteiger partial charge in [0.15, 0.2) is 0 Å². The second-order valence-electron chi connectivity index (χ2n) is 4.90. The molecule has 0 atom stereocenters. The van der Waals surface area contributed by atoms with Gasteiger partial charge in [-0.1, -0.05) is 18.2 Å². The number of nitrogens with zero attached hydrogens (tertiary/aromatic N) is 2. The quantitative estimate of drug-likeness (QED) is 0.837. The summed E-state index contributed by atoms with van der Waals surface area (Å²) in [6.07, 6.45) is 1.56. The Kier molecular flexibility index (Phi) is 4.01. The second kappa shape index (κ2) is 6.27. The second-order valence-corrected chi connectivity index (χ2v) is 4.90. The lowest BCUT2D eigenvalue weighted by atomic mass is 10.1. The van der Waals surface area contributed by atoms with Crippen LogP contribution in [0.15, 0.2) is 48.7 Å². The molecule has 0 saturated heterocycles. The number of urea groups is 1. The molecule has 2 heterocycles. The standard InChI is InChI=1S/C16H14N4O3/c21-14-11-5-1-2-6-12(11)15(22)20(14)10-9-18-16(23)19-13-7-3-4-8-17-13/h1-8H,9-10H2,(H2,17,18,19,23). The van der Waals surface area contributed by atoms with Crippen LogP contribution in [-0.2, 0) is 0 Å². The van der Waals surface area contributed by atoms with Crippen molar-refractivity contribution in [1.82, 2.24) is 15.2 Å². The topological polar surface area (TPSA) is 91.4 Å². The van der Waals surface area contributed by atoms with Gasteiger partial charge in [0.25, 0.3) is 11.8 Å². The van der Waals surface area contributed by atoms with Crippen LogP contribution in [0.4, 0.5) is 10.6 Å². The maximum atomic E-state index is 12.1. The third-order valence-corrected chi connectivity index (χ3v) is 3.41. The van der Waals surface area contributed by atoms with E-state index in [1.165, 1.54) is 0 Å². The number of anilines is 1. The SMILES string of the molecule is O=C(NCCN1C(=O)c2ccccc2C1=O)Nc1ccccn1. The van der Waals surface area contributed by atoms with Crippen molar-refractivity contribution in [3.8, 4) is 0 Å². The van der Waals surface area contributed by atoms with Crippen LogP contribution in [0.1, 0.15) is 20.7 Å². The Hall–Kier alpha value is -3.22. The van der Waals surface area contributed by atoms with Crippen molar-refractivity contribution in [2.24, 2.45) is 0 Å². The lowest BCUT2D eigenvalue weighted by molar-refractivity contribution is 0.0656. The number of carbonyl (C=O) groups excluding carboxylic acids is 3. The largest absolute Gasteiger partial charge is 0.336 e. The summed E-state index contributed by atoms with van der Waals surface area (Å²) in [4.78, 5) is 41.1. The van der Waals surface area contributed by atoms with Crippen molar-refractivity contribution in [2.45, 2.75) is 0 Å². The highest BCUT2D eigenvalue weighted by atomic mass is 16.2. The molecule has 7 nitrogen and oxygen atoms in total. The molecule has 0 saturated carbocycles. The number of aromatic nitrogens is 1. The van der Waals surface area contributed by atoms with Gasteiger partial charge in [0.05, 0.1) is 11.1 Å². The lowest BCUT2D eigenvalue weighted by Crippen LogP contribution is -2.39. The molecule has 0 radical (unpaired) electrons. The molecule has 116 valence electrons. The molecule has 1 aliphatic heterocycles. The highest BCUT2D eigenvalue weighted by molar-refractivity contribution is 6.21. The van der Waals surface area contributed by atoms with E-state index in [1.54, 1.807) is 48.7 Å². The Morgan fingerprint density at radius 1 is 1.00 bits per heavy atom. The van der Waals surface area contributed by atoms with E-state index in [-0.39, 0.29) is 24.9 Å². The van der Waals surface area contributed by atoms with Crippen molar-refractivity contribution in [1.29, 1.82) is 0 Å².